The smallest absolute Gasteiger partial charge is 0.261 e. The fraction of sp³-hybridized carbons (Fsp3) is 0.462. The third-order valence-electron chi connectivity index (χ3n) is 6.03. The summed E-state index contributed by atoms with van der Waals surface area (Å²) in [5.74, 6) is 0.932. The molecule has 1 aliphatic carbocycles. The molecule has 1 aliphatic rings. The minimum absolute atomic E-state index is 0.101. The van der Waals surface area contributed by atoms with Crippen LogP contribution >= 0.6 is 11.6 Å². The van der Waals surface area contributed by atoms with Crippen LogP contribution in [0.5, 0.6) is 11.5 Å². The van der Waals surface area contributed by atoms with E-state index in [9.17, 15) is 9.59 Å². The summed E-state index contributed by atoms with van der Waals surface area (Å²) in [6.45, 7) is 2.07. The van der Waals surface area contributed by atoms with Crippen molar-refractivity contribution in [3.05, 3.63) is 59.1 Å². The van der Waals surface area contributed by atoms with Gasteiger partial charge in [-0.15, -0.1) is 0 Å². The molecule has 1 N–H and O–H groups in total. The molecule has 33 heavy (non-hydrogen) atoms. The Labute approximate surface area is 201 Å². The van der Waals surface area contributed by atoms with Crippen molar-refractivity contribution in [1.29, 1.82) is 0 Å². The Bertz CT molecular complexity index is 896. The maximum atomic E-state index is 13.3. The molecule has 2 aromatic carbocycles. The molecule has 1 saturated carbocycles. The average Bonchev–Trinajstić information content (AvgIpc) is 2.84. The van der Waals surface area contributed by atoms with Gasteiger partial charge in [0.05, 0.1) is 7.11 Å². The molecule has 1 atom stereocenters. The average molecular weight is 473 g/mol. The van der Waals surface area contributed by atoms with Crippen LogP contribution in [0.3, 0.4) is 0 Å². The Balaban J connectivity index is 1.73. The van der Waals surface area contributed by atoms with E-state index in [1.807, 2.05) is 19.1 Å². The first kappa shape index (κ1) is 24.9. The van der Waals surface area contributed by atoms with Crippen LogP contribution in [0.4, 0.5) is 0 Å². The van der Waals surface area contributed by atoms with E-state index >= 15 is 0 Å². The number of hydrogen-bond acceptors (Lipinski definition) is 4. The predicted octanol–water partition coefficient (Wildman–Crippen LogP) is 4.98. The maximum absolute atomic E-state index is 13.3. The van der Waals surface area contributed by atoms with Crippen LogP contribution in [0, 0.1) is 0 Å². The Kier molecular flexibility index (Phi) is 9.43. The van der Waals surface area contributed by atoms with Crippen LogP contribution in [0.1, 0.15) is 51.0 Å². The van der Waals surface area contributed by atoms with Gasteiger partial charge in [0.15, 0.2) is 6.61 Å². The van der Waals surface area contributed by atoms with E-state index in [1.54, 1.807) is 48.4 Å². The molecule has 0 bridgehead atoms. The lowest BCUT2D eigenvalue weighted by Crippen LogP contribution is -2.52. The zero-order chi connectivity index (χ0) is 23.6. The molecule has 7 heteroatoms. The van der Waals surface area contributed by atoms with Gasteiger partial charge >= 0.3 is 0 Å². The van der Waals surface area contributed by atoms with E-state index in [0.717, 1.165) is 31.2 Å². The second-order valence-electron chi connectivity index (χ2n) is 8.38. The lowest BCUT2D eigenvalue weighted by Gasteiger charge is -2.32. The number of carbonyl (C=O) groups excluding carboxylic acids is 2. The minimum Gasteiger partial charge on any atom is -0.497 e. The van der Waals surface area contributed by atoms with Crippen LogP contribution in [0.25, 0.3) is 0 Å². The quantitative estimate of drug-likeness (QED) is 0.529. The summed E-state index contributed by atoms with van der Waals surface area (Å²) >= 11 is 6.03. The van der Waals surface area contributed by atoms with Gasteiger partial charge in [0.1, 0.15) is 17.5 Å². The van der Waals surface area contributed by atoms with Gasteiger partial charge in [-0.25, -0.2) is 0 Å². The van der Waals surface area contributed by atoms with Gasteiger partial charge in [0.2, 0.25) is 5.91 Å². The van der Waals surface area contributed by atoms with Crippen molar-refractivity contribution < 1.29 is 19.1 Å². The van der Waals surface area contributed by atoms with Gasteiger partial charge in [-0.2, -0.15) is 0 Å². The van der Waals surface area contributed by atoms with E-state index < -0.39 is 6.04 Å². The number of ether oxygens (including phenoxy) is 2. The highest BCUT2D eigenvalue weighted by molar-refractivity contribution is 6.30. The van der Waals surface area contributed by atoms with E-state index in [1.165, 1.54) is 6.42 Å². The van der Waals surface area contributed by atoms with Crippen molar-refractivity contribution in [3.8, 4) is 11.5 Å². The molecule has 178 valence electrons. The summed E-state index contributed by atoms with van der Waals surface area (Å²) < 4.78 is 10.9. The fourth-order valence-corrected chi connectivity index (χ4v) is 4.28. The molecule has 0 heterocycles. The van der Waals surface area contributed by atoms with Crippen LogP contribution in [-0.2, 0) is 16.1 Å². The third kappa shape index (κ3) is 7.39. The fourth-order valence-electron chi connectivity index (χ4n) is 4.15. The SMILES string of the molecule is CC[C@@H](C(=O)NC1CCCCC1)N(Cc1ccc(Cl)cc1)C(=O)COc1ccc(OC)cc1. The molecule has 1 fully saturated rings. The molecule has 2 aromatic rings. The summed E-state index contributed by atoms with van der Waals surface area (Å²) in [4.78, 5) is 28.1. The molecule has 0 spiro atoms. The lowest BCUT2D eigenvalue weighted by molar-refractivity contribution is -0.143. The minimum atomic E-state index is -0.574. The zero-order valence-corrected chi connectivity index (χ0v) is 20.1. The van der Waals surface area contributed by atoms with Crippen LogP contribution in [0.2, 0.25) is 5.02 Å². The number of carbonyl (C=O) groups is 2. The molecule has 0 aliphatic heterocycles. The second kappa shape index (κ2) is 12.5. The van der Waals surface area contributed by atoms with Crippen molar-refractivity contribution in [3.63, 3.8) is 0 Å². The number of halogens is 1. The molecule has 2 amide bonds. The van der Waals surface area contributed by atoms with Crippen LogP contribution in [0.15, 0.2) is 48.5 Å². The van der Waals surface area contributed by atoms with E-state index in [4.69, 9.17) is 21.1 Å². The summed E-state index contributed by atoms with van der Waals surface area (Å²) in [6.07, 6.45) is 5.98. The van der Waals surface area contributed by atoms with Gasteiger partial charge in [0, 0.05) is 17.6 Å². The maximum Gasteiger partial charge on any atom is 0.261 e. The number of hydrogen-bond donors (Lipinski definition) is 1. The first-order valence-electron chi connectivity index (χ1n) is 11.6. The van der Waals surface area contributed by atoms with Crippen molar-refractivity contribution in [2.24, 2.45) is 0 Å². The Morgan fingerprint density at radius 3 is 2.27 bits per heavy atom. The molecule has 6 nitrogen and oxygen atoms in total. The van der Waals surface area contributed by atoms with Gasteiger partial charge in [-0.3, -0.25) is 9.59 Å². The molecule has 0 saturated heterocycles. The van der Waals surface area contributed by atoms with Gasteiger partial charge in [-0.1, -0.05) is 49.9 Å². The van der Waals surface area contributed by atoms with Gasteiger partial charge in [0.25, 0.3) is 5.91 Å². The van der Waals surface area contributed by atoms with E-state index in [0.29, 0.717) is 29.5 Å². The van der Waals surface area contributed by atoms with Crippen LogP contribution in [-0.4, -0.2) is 42.5 Å². The number of amides is 2. The summed E-state index contributed by atoms with van der Waals surface area (Å²) in [6, 6.07) is 14.0. The van der Waals surface area contributed by atoms with E-state index in [2.05, 4.69) is 5.32 Å². The topological polar surface area (TPSA) is 67.9 Å². The van der Waals surface area contributed by atoms with Crippen molar-refractivity contribution in [2.75, 3.05) is 13.7 Å². The van der Waals surface area contributed by atoms with Crippen LogP contribution < -0.4 is 14.8 Å². The highest BCUT2D eigenvalue weighted by Crippen LogP contribution is 2.21. The van der Waals surface area contributed by atoms with Crippen molar-refractivity contribution in [1.82, 2.24) is 10.2 Å². The number of benzene rings is 2. The third-order valence-corrected chi connectivity index (χ3v) is 6.28. The number of methoxy groups -OCH3 is 1. The second-order valence-corrected chi connectivity index (χ2v) is 8.82. The largest absolute Gasteiger partial charge is 0.497 e. The normalized spacial score (nSPS) is 14.9. The monoisotopic (exact) mass is 472 g/mol. The summed E-state index contributed by atoms with van der Waals surface area (Å²) in [7, 11) is 1.59. The predicted molar refractivity (Wildman–Crippen MR) is 130 cm³/mol. The number of nitrogens with one attached hydrogen (secondary N) is 1. The highest BCUT2D eigenvalue weighted by atomic mass is 35.5. The van der Waals surface area contributed by atoms with Crippen molar-refractivity contribution >= 4 is 23.4 Å². The zero-order valence-electron chi connectivity index (χ0n) is 19.4. The molecular weight excluding hydrogens is 440 g/mol. The molecule has 0 aromatic heterocycles. The Morgan fingerprint density at radius 2 is 1.67 bits per heavy atom. The number of rotatable bonds is 10. The Hall–Kier alpha value is -2.73. The summed E-state index contributed by atoms with van der Waals surface area (Å²) in [5, 5.41) is 3.80. The van der Waals surface area contributed by atoms with Gasteiger partial charge in [-0.05, 0) is 61.2 Å². The molecule has 3 rings (SSSR count). The summed E-state index contributed by atoms with van der Waals surface area (Å²) in [5.41, 5.74) is 0.904. The number of nitrogens with zero attached hydrogens (tertiary/aromatic N) is 1. The molecule has 0 unspecified atom stereocenters. The molecular formula is C26H33ClN2O4. The first-order chi connectivity index (χ1) is 16.0. The van der Waals surface area contributed by atoms with Crippen molar-refractivity contribution in [2.45, 2.75) is 64.1 Å². The lowest BCUT2D eigenvalue weighted by atomic mass is 9.95. The Morgan fingerprint density at radius 1 is 1.03 bits per heavy atom. The van der Waals surface area contributed by atoms with E-state index in [-0.39, 0.29) is 24.5 Å². The first-order valence-corrected chi connectivity index (χ1v) is 12.0. The van der Waals surface area contributed by atoms with Gasteiger partial charge < -0.3 is 19.7 Å². The molecule has 0 radical (unpaired) electrons. The highest BCUT2D eigenvalue weighted by Gasteiger charge is 2.30. The standard InChI is InChI=1S/C26H33ClN2O4/c1-3-24(26(31)28-21-7-5-4-6-8-21)29(17-19-9-11-20(27)12-10-19)25(30)18-33-23-15-13-22(32-2)14-16-23/h9-16,21,24H,3-8,17-18H2,1-2H3,(H,28,31)/t24-/m0/s1.